The fourth-order valence-corrected chi connectivity index (χ4v) is 3.08. The molecule has 0 aliphatic carbocycles. The highest BCUT2D eigenvalue weighted by Crippen LogP contribution is 2.17. The van der Waals surface area contributed by atoms with Crippen LogP contribution in [0.2, 0.25) is 0 Å². The molecule has 2 saturated heterocycles. The Bertz CT molecular complexity index is 225. The second-order valence-corrected chi connectivity index (χ2v) is 6.02. The summed E-state index contributed by atoms with van der Waals surface area (Å²) in [5, 5.41) is 7.03. The van der Waals surface area contributed by atoms with E-state index in [2.05, 4.69) is 22.5 Å². The summed E-state index contributed by atoms with van der Waals surface area (Å²) in [4.78, 5) is 2.61. The Morgan fingerprint density at radius 3 is 2.68 bits per heavy atom. The summed E-state index contributed by atoms with van der Waals surface area (Å²) in [6.07, 6.45) is 5.12. The van der Waals surface area contributed by atoms with Crippen molar-refractivity contribution in [2.24, 2.45) is 5.92 Å². The molecule has 4 nitrogen and oxygen atoms in total. The third kappa shape index (κ3) is 5.78. The minimum atomic E-state index is 0.720. The van der Waals surface area contributed by atoms with Crippen molar-refractivity contribution in [3.05, 3.63) is 0 Å². The molecule has 2 heterocycles. The minimum absolute atomic E-state index is 0.720. The summed E-state index contributed by atoms with van der Waals surface area (Å²) in [5.74, 6) is 0.895. The van der Waals surface area contributed by atoms with Gasteiger partial charge in [-0.05, 0) is 51.6 Å². The molecule has 112 valence electrons. The molecule has 2 aliphatic heterocycles. The van der Waals surface area contributed by atoms with E-state index in [1.165, 1.54) is 45.3 Å². The molecular weight excluding hydrogens is 238 g/mol. The highest BCUT2D eigenvalue weighted by Gasteiger charge is 2.16. The van der Waals surface area contributed by atoms with Crippen molar-refractivity contribution in [2.45, 2.75) is 38.6 Å². The van der Waals surface area contributed by atoms with Gasteiger partial charge in [0.15, 0.2) is 0 Å². The number of hydrogen-bond donors (Lipinski definition) is 2. The van der Waals surface area contributed by atoms with Gasteiger partial charge in [0, 0.05) is 45.4 Å². The lowest BCUT2D eigenvalue weighted by molar-refractivity contribution is 0.0639. The molecular formula is C15H31N3O. The molecule has 0 bridgehead atoms. The first-order valence-corrected chi connectivity index (χ1v) is 8.09. The van der Waals surface area contributed by atoms with Gasteiger partial charge in [-0.3, -0.25) is 4.90 Å². The van der Waals surface area contributed by atoms with Gasteiger partial charge in [-0.25, -0.2) is 0 Å². The van der Waals surface area contributed by atoms with Crippen LogP contribution in [-0.2, 0) is 4.74 Å². The molecule has 1 atom stereocenters. The first-order valence-electron chi connectivity index (χ1n) is 8.09. The predicted octanol–water partition coefficient (Wildman–Crippen LogP) is 1.08. The van der Waals surface area contributed by atoms with Crippen molar-refractivity contribution >= 4 is 0 Å². The molecule has 2 N–H and O–H groups in total. The summed E-state index contributed by atoms with van der Waals surface area (Å²) in [6.45, 7) is 11.4. The maximum atomic E-state index is 5.39. The number of hydrogen-bond acceptors (Lipinski definition) is 4. The second-order valence-electron chi connectivity index (χ2n) is 6.02. The highest BCUT2D eigenvalue weighted by atomic mass is 16.5. The van der Waals surface area contributed by atoms with Gasteiger partial charge >= 0.3 is 0 Å². The van der Waals surface area contributed by atoms with E-state index in [1.807, 2.05) is 0 Å². The van der Waals surface area contributed by atoms with Crippen molar-refractivity contribution in [3.63, 3.8) is 0 Å². The van der Waals surface area contributed by atoms with Crippen molar-refractivity contribution in [2.75, 3.05) is 52.5 Å². The van der Waals surface area contributed by atoms with E-state index in [1.54, 1.807) is 0 Å². The average Bonchev–Trinajstić information content (AvgIpc) is 2.49. The first kappa shape index (κ1) is 15.2. The number of ether oxygens (including phenoxy) is 1. The highest BCUT2D eigenvalue weighted by molar-refractivity contribution is 4.74. The number of nitrogens with one attached hydrogen (secondary N) is 2. The van der Waals surface area contributed by atoms with Gasteiger partial charge in [0.05, 0.1) is 0 Å². The summed E-state index contributed by atoms with van der Waals surface area (Å²) in [6, 6.07) is 0.720. The molecule has 0 amide bonds. The third-order valence-corrected chi connectivity index (χ3v) is 4.58. The topological polar surface area (TPSA) is 36.5 Å². The molecule has 0 radical (unpaired) electrons. The van der Waals surface area contributed by atoms with E-state index in [0.29, 0.717) is 0 Å². The van der Waals surface area contributed by atoms with Crippen molar-refractivity contribution < 1.29 is 4.74 Å². The lowest BCUT2D eigenvalue weighted by Gasteiger charge is -2.32. The van der Waals surface area contributed by atoms with Crippen LogP contribution in [0.4, 0.5) is 0 Å². The minimum Gasteiger partial charge on any atom is -0.381 e. The van der Waals surface area contributed by atoms with Crippen LogP contribution in [0.15, 0.2) is 0 Å². The lowest BCUT2D eigenvalue weighted by Crippen LogP contribution is -2.48. The summed E-state index contributed by atoms with van der Waals surface area (Å²) in [5.41, 5.74) is 0. The zero-order chi connectivity index (χ0) is 13.3. The summed E-state index contributed by atoms with van der Waals surface area (Å²) < 4.78 is 5.39. The van der Waals surface area contributed by atoms with Crippen LogP contribution in [-0.4, -0.2) is 63.4 Å². The second kappa shape index (κ2) is 8.90. The van der Waals surface area contributed by atoms with Crippen LogP contribution in [0.25, 0.3) is 0 Å². The largest absolute Gasteiger partial charge is 0.381 e. The molecule has 0 aromatic rings. The van der Waals surface area contributed by atoms with Crippen LogP contribution in [0.5, 0.6) is 0 Å². The van der Waals surface area contributed by atoms with Gasteiger partial charge in [-0.1, -0.05) is 0 Å². The number of piperazine rings is 1. The van der Waals surface area contributed by atoms with E-state index in [-0.39, 0.29) is 0 Å². The first-order chi connectivity index (χ1) is 9.36. The van der Waals surface area contributed by atoms with Crippen molar-refractivity contribution in [1.82, 2.24) is 15.5 Å². The molecule has 4 heteroatoms. The Labute approximate surface area is 118 Å². The third-order valence-electron chi connectivity index (χ3n) is 4.58. The zero-order valence-corrected chi connectivity index (χ0v) is 12.5. The van der Waals surface area contributed by atoms with Crippen LogP contribution in [0, 0.1) is 5.92 Å². The smallest absolute Gasteiger partial charge is 0.0468 e. The molecule has 0 aromatic heterocycles. The molecule has 2 rings (SSSR count). The Hall–Kier alpha value is -0.160. The normalized spacial score (nSPS) is 24.5. The van der Waals surface area contributed by atoms with E-state index in [9.17, 15) is 0 Å². The molecule has 0 aromatic carbocycles. The van der Waals surface area contributed by atoms with E-state index in [0.717, 1.165) is 44.8 Å². The van der Waals surface area contributed by atoms with Gasteiger partial charge < -0.3 is 15.4 Å². The van der Waals surface area contributed by atoms with Crippen LogP contribution < -0.4 is 10.6 Å². The molecule has 2 fully saturated rings. The van der Waals surface area contributed by atoms with Crippen LogP contribution in [0.1, 0.15) is 32.6 Å². The number of nitrogens with zero attached hydrogens (tertiary/aromatic N) is 1. The van der Waals surface area contributed by atoms with Gasteiger partial charge in [-0.2, -0.15) is 0 Å². The van der Waals surface area contributed by atoms with E-state index < -0.39 is 0 Å². The van der Waals surface area contributed by atoms with Gasteiger partial charge in [0.25, 0.3) is 0 Å². The maximum absolute atomic E-state index is 5.39. The molecule has 1 unspecified atom stereocenters. The van der Waals surface area contributed by atoms with Gasteiger partial charge in [-0.15, -0.1) is 0 Å². The molecule has 19 heavy (non-hydrogen) atoms. The average molecular weight is 269 g/mol. The SMILES string of the molecule is CC(CCNCCC1CCOCC1)N1CCNCC1. The fourth-order valence-electron chi connectivity index (χ4n) is 3.08. The zero-order valence-electron chi connectivity index (χ0n) is 12.5. The predicted molar refractivity (Wildman–Crippen MR) is 79.6 cm³/mol. The Kier molecular flexibility index (Phi) is 7.14. The van der Waals surface area contributed by atoms with E-state index in [4.69, 9.17) is 4.74 Å². The molecule has 0 saturated carbocycles. The fraction of sp³-hybridized carbons (Fsp3) is 1.00. The summed E-state index contributed by atoms with van der Waals surface area (Å²) >= 11 is 0. The lowest BCUT2D eigenvalue weighted by atomic mass is 9.97. The van der Waals surface area contributed by atoms with Crippen molar-refractivity contribution in [3.8, 4) is 0 Å². The van der Waals surface area contributed by atoms with Gasteiger partial charge in [0.2, 0.25) is 0 Å². The molecule has 0 spiro atoms. The van der Waals surface area contributed by atoms with Crippen molar-refractivity contribution in [1.29, 1.82) is 0 Å². The van der Waals surface area contributed by atoms with Crippen LogP contribution >= 0.6 is 0 Å². The molecule has 2 aliphatic rings. The Morgan fingerprint density at radius 2 is 1.95 bits per heavy atom. The Morgan fingerprint density at radius 1 is 1.21 bits per heavy atom. The quantitative estimate of drug-likeness (QED) is 0.678. The maximum Gasteiger partial charge on any atom is 0.0468 e. The van der Waals surface area contributed by atoms with E-state index >= 15 is 0 Å². The standard InChI is InChI=1S/C15H31N3O/c1-14(18-10-8-17-9-11-18)2-6-16-7-3-15-4-12-19-13-5-15/h14-17H,2-13H2,1H3. The summed E-state index contributed by atoms with van der Waals surface area (Å²) in [7, 11) is 0. The number of rotatable bonds is 7. The monoisotopic (exact) mass is 269 g/mol. The van der Waals surface area contributed by atoms with Crippen LogP contribution in [0.3, 0.4) is 0 Å². The van der Waals surface area contributed by atoms with Gasteiger partial charge in [0.1, 0.15) is 0 Å². The Balaban J connectivity index is 1.46.